The molecule has 0 bridgehead atoms. The third kappa shape index (κ3) is 3.90. The van der Waals surface area contributed by atoms with Crippen LogP contribution in [0.15, 0.2) is 0 Å². The minimum absolute atomic E-state index is 0.0208. The third-order valence-corrected chi connectivity index (χ3v) is 5.93. The van der Waals surface area contributed by atoms with E-state index in [0.29, 0.717) is 5.92 Å². The topological polar surface area (TPSA) is 55.8 Å². The molecule has 0 aromatic carbocycles. The van der Waals surface area contributed by atoms with Gasteiger partial charge in [0, 0.05) is 20.8 Å². The number of methoxy groups -OCH3 is 2. The Morgan fingerprint density at radius 3 is 2.68 bits per heavy atom. The molecule has 6 heteroatoms. The van der Waals surface area contributed by atoms with Crippen molar-refractivity contribution in [1.29, 1.82) is 0 Å². The van der Waals surface area contributed by atoms with E-state index in [1.165, 1.54) is 12.8 Å². The number of sulfone groups is 1. The van der Waals surface area contributed by atoms with Gasteiger partial charge in [0.1, 0.15) is 0 Å². The lowest BCUT2D eigenvalue weighted by molar-refractivity contribution is 0.0334. The van der Waals surface area contributed by atoms with E-state index in [1.807, 2.05) is 0 Å². The highest BCUT2D eigenvalue weighted by atomic mass is 32.2. The second-order valence-electron chi connectivity index (χ2n) is 5.73. The molecule has 2 saturated heterocycles. The van der Waals surface area contributed by atoms with Crippen molar-refractivity contribution in [2.24, 2.45) is 5.92 Å². The Hall–Kier alpha value is -0.170. The predicted molar refractivity (Wildman–Crippen MR) is 74.0 cm³/mol. The number of ether oxygens (including phenoxy) is 2. The Kier molecular flexibility index (Phi) is 5.22. The zero-order valence-corrected chi connectivity index (χ0v) is 12.7. The largest absolute Gasteiger partial charge is 0.384 e. The van der Waals surface area contributed by atoms with E-state index in [2.05, 4.69) is 4.90 Å². The van der Waals surface area contributed by atoms with Gasteiger partial charge in [0.25, 0.3) is 0 Å². The van der Waals surface area contributed by atoms with Crippen LogP contribution in [0.25, 0.3) is 0 Å². The van der Waals surface area contributed by atoms with Gasteiger partial charge in [-0.05, 0) is 25.3 Å². The molecule has 2 fully saturated rings. The van der Waals surface area contributed by atoms with Crippen LogP contribution in [0.3, 0.4) is 0 Å². The fourth-order valence-electron chi connectivity index (χ4n) is 3.30. The number of hydrogen-bond acceptors (Lipinski definition) is 5. The summed E-state index contributed by atoms with van der Waals surface area (Å²) in [4.78, 5) is 2.31. The molecule has 19 heavy (non-hydrogen) atoms. The molecule has 1 unspecified atom stereocenters. The molecule has 0 aromatic heterocycles. The Bertz CT molecular complexity index is 384. The molecule has 0 spiro atoms. The Labute approximate surface area is 116 Å². The van der Waals surface area contributed by atoms with Crippen molar-refractivity contribution in [2.75, 3.05) is 45.4 Å². The first-order valence-electron chi connectivity index (χ1n) is 7.02. The van der Waals surface area contributed by atoms with E-state index in [9.17, 15) is 8.42 Å². The van der Waals surface area contributed by atoms with Crippen LogP contribution >= 0.6 is 0 Å². The zero-order valence-electron chi connectivity index (χ0n) is 11.9. The summed E-state index contributed by atoms with van der Waals surface area (Å²) in [6.45, 7) is 2.65. The third-order valence-electron chi connectivity index (χ3n) is 4.25. The van der Waals surface area contributed by atoms with Gasteiger partial charge in [-0.3, -0.25) is 4.90 Å². The van der Waals surface area contributed by atoms with Gasteiger partial charge in [-0.1, -0.05) is 6.42 Å². The van der Waals surface area contributed by atoms with Crippen LogP contribution < -0.4 is 0 Å². The molecule has 2 rings (SSSR count). The molecule has 5 nitrogen and oxygen atoms in total. The van der Waals surface area contributed by atoms with E-state index >= 15 is 0 Å². The summed E-state index contributed by atoms with van der Waals surface area (Å²) in [7, 11) is 0.398. The molecule has 112 valence electrons. The van der Waals surface area contributed by atoms with E-state index in [4.69, 9.17) is 9.47 Å². The summed E-state index contributed by atoms with van der Waals surface area (Å²) in [5.41, 5.74) is 0. The number of nitrogens with zero attached hydrogens (tertiary/aromatic N) is 1. The van der Waals surface area contributed by atoms with E-state index in [-0.39, 0.29) is 23.7 Å². The molecular weight excluding hydrogens is 266 g/mol. The maximum Gasteiger partial charge on any atom is 0.154 e. The monoisotopic (exact) mass is 291 g/mol. The van der Waals surface area contributed by atoms with Crippen molar-refractivity contribution in [1.82, 2.24) is 4.90 Å². The van der Waals surface area contributed by atoms with Crippen LogP contribution in [0.2, 0.25) is 0 Å². The van der Waals surface area contributed by atoms with Crippen LogP contribution in [-0.2, 0) is 19.3 Å². The normalized spacial score (nSPS) is 36.2. The lowest BCUT2D eigenvalue weighted by Gasteiger charge is -2.32. The van der Waals surface area contributed by atoms with Gasteiger partial charge in [0.15, 0.2) is 9.84 Å². The van der Waals surface area contributed by atoms with Gasteiger partial charge in [0.05, 0.1) is 30.3 Å². The van der Waals surface area contributed by atoms with Crippen LogP contribution in [-0.4, -0.2) is 70.9 Å². The standard InChI is InChI=1S/C13H25NO4S/c1-17-8-11-5-3-4-6-14(7-11)12-9-19(15,16)10-13(12)18-2/h11-13H,3-10H2,1-2H3/t11?,12-,13+/m1/s1. The lowest BCUT2D eigenvalue weighted by atomic mass is 10.0. The number of likely N-dealkylation sites (tertiary alicyclic amines) is 1. The minimum atomic E-state index is -2.95. The quantitative estimate of drug-likeness (QED) is 0.757. The summed E-state index contributed by atoms with van der Waals surface area (Å²) in [5.74, 6) is 0.915. The SMILES string of the molecule is COCC1CCCCN([C@@H]2CS(=O)(=O)C[C@@H]2OC)C1. The summed E-state index contributed by atoms with van der Waals surface area (Å²) in [6, 6.07) is 0.0208. The highest BCUT2D eigenvalue weighted by molar-refractivity contribution is 7.91. The molecule has 0 radical (unpaired) electrons. The second-order valence-corrected chi connectivity index (χ2v) is 7.88. The Balaban J connectivity index is 2.06. The van der Waals surface area contributed by atoms with Crippen LogP contribution in [0.4, 0.5) is 0 Å². The van der Waals surface area contributed by atoms with Crippen LogP contribution in [0, 0.1) is 5.92 Å². The summed E-state index contributed by atoms with van der Waals surface area (Å²) >= 11 is 0. The van der Waals surface area contributed by atoms with Gasteiger partial charge < -0.3 is 9.47 Å². The molecular formula is C13H25NO4S. The molecule has 3 atom stereocenters. The molecule has 2 heterocycles. The van der Waals surface area contributed by atoms with Gasteiger partial charge in [0.2, 0.25) is 0 Å². The zero-order chi connectivity index (χ0) is 13.9. The van der Waals surface area contributed by atoms with Gasteiger partial charge in [-0.15, -0.1) is 0 Å². The molecule has 0 aromatic rings. The van der Waals surface area contributed by atoms with Crippen molar-refractivity contribution >= 4 is 9.84 Å². The van der Waals surface area contributed by atoms with E-state index < -0.39 is 9.84 Å². The molecule has 0 aliphatic carbocycles. The van der Waals surface area contributed by atoms with E-state index in [1.54, 1.807) is 14.2 Å². The number of hydrogen-bond donors (Lipinski definition) is 0. The molecule has 0 saturated carbocycles. The molecule has 0 N–H and O–H groups in total. The smallest absolute Gasteiger partial charge is 0.154 e. The van der Waals surface area contributed by atoms with Crippen LogP contribution in [0.5, 0.6) is 0 Å². The molecule has 0 amide bonds. The first kappa shape index (κ1) is 15.2. The summed E-state index contributed by atoms with van der Waals surface area (Å²) < 4.78 is 34.3. The molecule has 2 aliphatic rings. The first-order chi connectivity index (χ1) is 9.05. The van der Waals surface area contributed by atoms with Crippen LogP contribution in [0.1, 0.15) is 19.3 Å². The van der Waals surface area contributed by atoms with E-state index in [0.717, 1.165) is 26.1 Å². The van der Waals surface area contributed by atoms with Crippen molar-refractivity contribution in [3.8, 4) is 0 Å². The van der Waals surface area contributed by atoms with Gasteiger partial charge in [-0.2, -0.15) is 0 Å². The second kappa shape index (κ2) is 6.52. The summed E-state index contributed by atoms with van der Waals surface area (Å²) in [5, 5.41) is 0. The average Bonchev–Trinajstić information content (AvgIpc) is 2.54. The average molecular weight is 291 g/mol. The van der Waals surface area contributed by atoms with Crippen molar-refractivity contribution in [2.45, 2.75) is 31.4 Å². The summed E-state index contributed by atoms with van der Waals surface area (Å²) in [6.07, 6.45) is 3.32. The van der Waals surface area contributed by atoms with Crippen molar-refractivity contribution in [3.63, 3.8) is 0 Å². The van der Waals surface area contributed by atoms with Gasteiger partial charge in [-0.25, -0.2) is 8.42 Å². The Morgan fingerprint density at radius 2 is 2.00 bits per heavy atom. The Morgan fingerprint density at radius 1 is 1.21 bits per heavy atom. The maximum absolute atomic E-state index is 11.8. The fourth-order valence-corrected chi connectivity index (χ4v) is 5.24. The number of rotatable bonds is 4. The predicted octanol–water partition coefficient (Wildman–Crippen LogP) is 0.547. The highest BCUT2D eigenvalue weighted by Gasteiger charge is 2.41. The van der Waals surface area contributed by atoms with Gasteiger partial charge >= 0.3 is 0 Å². The fraction of sp³-hybridized carbons (Fsp3) is 1.00. The minimum Gasteiger partial charge on any atom is -0.384 e. The molecule has 2 aliphatic heterocycles. The maximum atomic E-state index is 11.8. The first-order valence-corrected chi connectivity index (χ1v) is 8.84. The lowest BCUT2D eigenvalue weighted by Crippen LogP contribution is -2.46. The van der Waals surface area contributed by atoms with Crippen molar-refractivity contribution < 1.29 is 17.9 Å². The van der Waals surface area contributed by atoms with Crippen molar-refractivity contribution in [3.05, 3.63) is 0 Å². The highest BCUT2D eigenvalue weighted by Crippen LogP contribution is 2.25.